The number of anilines is 1. The van der Waals surface area contributed by atoms with E-state index in [1.807, 2.05) is 12.1 Å². The first-order chi connectivity index (χ1) is 7.72. The molecule has 6 nitrogen and oxygen atoms in total. The van der Waals surface area contributed by atoms with Gasteiger partial charge in [0.1, 0.15) is 0 Å². The number of para-hydroxylation sites is 2. The van der Waals surface area contributed by atoms with Gasteiger partial charge in [-0.2, -0.15) is 0 Å². The van der Waals surface area contributed by atoms with Crippen LogP contribution in [0.4, 0.5) is 5.69 Å². The number of nitrogens with zero attached hydrogens (tertiary/aromatic N) is 3. The highest BCUT2D eigenvalue weighted by molar-refractivity contribution is 5.86. The van der Waals surface area contributed by atoms with Gasteiger partial charge in [-0.3, -0.25) is 0 Å². The van der Waals surface area contributed by atoms with E-state index in [0.717, 1.165) is 0 Å². The highest BCUT2D eigenvalue weighted by atomic mass is 16.5. The fourth-order valence-electron chi connectivity index (χ4n) is 1.28. The third-order valence-electron chi connectivity index (χ3n) is 2.07. The Morgan fingerprint density at radius 3 is 2.88 bits per heavy atom. The molecule has 0 saturated carbocycles. The van der Waals surface area contributed by atoms with Gasteiger partial charge in [0.2, 0.25) is 0 Å². The van der Waals surface area contributed by atoms with Crippen LogP contribution in [-0.2, 0) is 4.74 Å². The lowest BCUT2D eigenvalue weighted by atomic mass is 10.3. The minimum Gasteiger partial charge on any atom is -0.464 e. The second-order valence-electron chi connectivity index (χ2n) is 3.10. The third kappa shape index (κ3) is 1.72. The van der Waals surface area contributed by atoms with Crippen LogP contribution in [0.2, 0.25) is 0 Å². The Balaban J connectivity index is 2.39. The molecule has 0 aliphatic heterocycles. The molecular formula is C10H10N4O2. The van der Waals surface area contributed by atoms with E-state index in [0.29, 0.717) is 11.4 Å². The van der Waals surface area contributed by atoms with Crippen LogP contribution < -0.4 is 5.73 Å². The van der Waals surface area contributed by atoms with Gasteiger partial charge < -0.3 is 10.5 Å². The number of aromatic nitrogens is 3. The Hall–Kier alpha value is -2.37. The second-order valence-corrected chi connectivity index (χ2v) is 3.10. The Morgan fingerprint density at radius 1 is 1.44 bits per heavy atom. The molecule has 0 spiro atoms. The molecule has 2 N–H and O–H groups in total. The lowest BCUT2D eigenvalue weighted by molar-refractivity contribution is 0.0594. The summed E-state index contributed by atoms with van der Waals surface area (Å²) in [6.45, 7) is 0. The lowest BCUT2D eigenvalue weighted by Crippen LogP contribution is -2.01. The van der Waals surface area contributed by atoms with Crippen molar-refractivity contribution in [2.45, 2.75) is 0 Å². The van der Waals surface area contributed by atoms with E-state index in [9.17, 15) is 4.79 Å². The molecule has 1 aromatic heterocycles. The molecule has 1 heterocycles. The summed E-state index contributed by atoms with van der Waals surface area (Å²) in [5.74, 6) is -0.527. The second kappa shape index (κ2) is 4.01. The van der Waals surface area contributed by atoms with E-state index in [1.165, 1.54) is 18.0 Å². The zero-order valence-corrected chi connectivity index (χ0v) is 8.62. The van der Waals surface area contributed by atoms with Gasteiger partial charge >= 0.3 is 5.97 Å². The number of nitrogen functional groups attached to an aromatic ring is 1. The quantitative estimate of drug-likeness (QED) is 0.590. The summed E-state index contributed by atoms with van der Waals surface area (Å²) in [4.78, 5) is 11.2. The fraction of sp³-hybridized carbons (Fsp3) is 0.100. The van der Waals surface area contributed by atoms with Crippen molar-refractivity contribution in [1.29, 1.82) is 0 Å². The summed E-state index contributed by atoms with van der Waals surface area (Å²) < 4.78 is 5.96. The van der Waals surface area contributed by atoms with Gasteiger partial charge in [0.05, 0.1) is 24.7 Å². The topological polar surface area (TPSA) is 83.0 Å². The average molecular weight is 218 g/mol. The van der Waals surface area contributed by atoms with Crippen LogP contribution in [0.1, 0.15) is 10.5 Å². The predicted molar refractivity (Wildman–Crippen MR) is 57.1 cm³/mol. The van der Waals surface area contributed by atoms with Gasteiger partial charge in [0, 0.05) is 0 Å². The maximum Gasteiger partial charge on any atom is 0.360 e. The smallest absolute Gasteiger partial charge is 0.360 e. The molecule has 0 atom stereocenters. The monoisotopic (exact) mass is 218 g/mol. The van der Waals surface area contributed by atoms with Crippen molar-refractivity contribution in [2.24, 2.45) is 0 Å². The Kier molecular flexibility index (Phi) is 2.55. The zero-order chi connectivity index (χ0) is 11.5. The minimum atomic E-state index is -0.527. The van der Waals surface area contributed by atoms with Crippen LogP contribution in [-0.4, -0.2) is 28.1 Å². The Bertz CT molecular complexity index is 521. The number of hydrogen-bond donors (Lipinski definition) is 1. The number of benzene rings is 1. The molecule has 0 aliphatic carbocycles. The molecule has 0 aliphatic rings. The van der Waals surface area contributed by atoms with Gasteiger partial charge in [-0.1, -0.05) is 17.3 Å². The van der Waals surface area contributed by atoms with Crippen LogP contribution in [0, 0.1) is 0 Å². The number of ether oxygens (including phenoxy) is 1. The van der Waals surface area contributed by atoms with E-state index in [4.69, 9.17) is 5.73 Å². The van der Waals surface area contributed by atoms with Crippen molar-refractivity contribution in [3.05, 3.63) is 36.2 Å². The molecular weight excluding hydrogens is 208 g/mol. The van der Waals surface area contributed by atoms with Crippen LogP contribution in [0.5, 0.6) is 0 Å². The molecule has 2 rings (SSSR count). The first-order valence-electron chi connectivity index (χ1n) is 4.58. The number of methoxy groups -OCH3 is 1. The molecule has 82 valence electrons. The highest BCUT2D eigenvalue weighted by Gasteiger charge is 2.12. The van der Waals surface area contributed by atoms with Crippen molar-refractivity contribution >= 4 is 11.7 Å². The summed E-state index contributed by atoms with van der Waals surface area (Å²) in [6, 6.07) is 7.17. The number of carbonyl (C=O) groups is 1. The largest absolute Gasteiger partial charge is 0.464 e. The van der Waals surface area contributed by atoms with Crippen molar-refractivity contribution < 1.29 is 9.53 Å². The number of esters is 1. The maximum absolute atomic E-state index is 11.2. The van der Waals surface area contributed by atoms with Gasteiger partial charge in [0.25, 0.3) is 0 Å². The molecule has 0 fully saturated rings. The molecule has 2 aromatic rings. The lowest BCUT2D eigenvalue weighted by Gasteiger charge is -2.02. The first kappa shape index (κ1) is 10.2. The summed E-state index contributed by atoms with van der Waals surface area (Å²) in [6.07, 6.45) is 1.47. The van der Waals surface area contributed by atoms with Gasteiger partial charge in [-0.05, 0) is 12.1 Å². The van der Waals surface area contributed by atoms with Crippen LogP contribution in [0.15, 0.2) is 30.5 Å². The predicted octanol–water partition coefficient (Wildman–Crippen LogP) is 0.636. The Labute approximate surface area is 91.6 Å². The molecule has 0 amide bonds. The average Bonchev–Trinajstić information content (AvgIpc) is 2.78. The summed E-state index contributed by atoms with van der Waals surface area (Å²) in [7, 11) is 1.29. The van der Waals surface area contributed by atoms with E-state index in [2.05, 4.69) is 15.0 Å². The molecule has 0 unspecified atom stereocenters. The number of carbonyl (C=O) groups excluding carboxylic acids is 1. The van der Waals surface area contributed by atoms with Crippen molar-refractivity contribution in [3.8, 4) is 5.69 Å². The summed E-state index contributed by atoms with van der Waals surface area (Å²) in [5.41, 5.74) is 7.14. The first-order valence-corrected chi connectivity index (χ1v) is 4.58. The normalized spacial score (nSPS) is 10.1. The van der Waals surface area contributed by atoms with Crippen LogP contribution in [0.25, 0.3) is 5.69 Å². The van der Waals surface area contributed by atoms with Crippen molar-refractivity contribution in [3.63, 3.8) is 0 Å². The molecule has 1 aromatic carbocycles. The molecule has 16 heavy (non-hydrogen) atoms. The summed E-state index contributed by atoms with van der Waals surface area (Å²) >= 11 is 0. The molecule has 6 heteroatoms. The molecule has 0 radical (unpaired) electrons. The SMILES string of the molecule is COC(=O)c1cn(-c2ccccc2N)nn1. The Morgan fingerprint density at radius 2 is 2.19 bits per heavy atom. The van der Waals surface area contributed by atoms with E-state index < -0.39 is 5.97 Å². The molecule has 0 saturated heterocycles. The highest BCUT2D eigenvalue weighted by Crippen LogP contribution is 2.15. The third-order valence-corrected chi connectivity index (χ3v) is 2.07. The van der Waals surface area contributed by atoms with Crippen molar-refractivity contribution in [2.75, 3.05) is 12.8 Å². The van der Waals surface area contributed by atoms with Gasteiger partial charge in [-0.15, -0.1) is 5.10 Å². The standard InChI is InChI=1S/C10H10N4O2/c1-16-10(15)8-6-14(13-12-8)9-5-3-2-4-7(9)11/h2-6H,11H2,1H3. The van der Waals surface area contributed by atoms with Gasteiger partial charge in [0.15, 0.2) is 5.69 Å². The van der Waals surface area contributed by atoms with E-state index >= 15 is 0 Å². The number of nitrogens with two attached hydrogens (primary N) is 1. The van der Waals surface area contributed by atoms with E-state index in [-0.39, 0.29) is 5.69 Å². The van der Waals surface area contributed by atoms with Crippen LogP contribution in [0.3, 0.4) is 0 Å². The minimum absolute atomic E-state index is 0.144. The zero-order valence-electron chi connectivity index (χ0n) is 8.62. The van der Waals surface area contributed by atoms with E-state index in [1.54, 1.807) is 12.1 Å². The number of rotatable bonds is 2. The van der Waals surface area contributed by atoms with Crippen LogP contribution >= 0.6 is 0 Å². The fourth-order valence-corrected chi connectivity index (χ4v) is 1.28. The maximum atomic E-state index is 11.2. The molecule has 0 bridgehead atoms. The number of hydrogen-bond acceptors (Lipinski definition) is 5. The van der Waals surface area contributed by atoms with Crippen molar-refractivity contribution in [1.82, 2.24) is 15.0 Å². The summed E-state index contributed by atoms with van der Waals surface area (Å²) in [5, 5.41) is 7.49. The van der Waals surface area contributed by atoms with Gasteiger partial charge in [-0.25, -0.2) is 9.48 Å².